The number of aryl methyl sites for hydroxylation is 1. The quantitative estimate of drug-likeness (QED) is 0.386. The van der Waals surface area contributed by atoms with Crippen molar-refractivity contribution >= 4 is 29.1 Å². The van der Waals surface area contributed by atoms with Crippen LogP contribution in [0, 0.1) is 18.8 Å². The van der Waals surface area contributed by atoms with Gasteiger partial charge in [-0.1, -0.05) is 55.5 Å². The third-order valence-corrected chi connectivity index (χ3v) is 3.52. The van der Waals surface area contributed by atoms with Gasteiger partial charge in [-0.3, -0.25) is 0 Å². The van der Waals surface area contributed by atoms with Crippen LogP contribution in [0.4, 0.5) is 5.69 Å². The van der Waals surface area contributed by atoms with Gasteiger partial charge in [-0.2, -0.15) is 4.99 Å². The summed E-state index contributed by atoms with van der Waals surface area (Å²) >= 11 is 4.63. The Bertz CT molecular complexity index is 815. The molecule has 0 amide bonds. The molecule has 0 radical (unpaired) electrons. The molecule has 0 aliphatic heterocycles. The summed E-state index contributed by atoms with van der Waals surface area (Å²) in [5.41, 5.74) is 5.10. The minimum atomic E-state index is 0.811. The highest BCUT2D eigenvalue weighted by Gasteiger charge is 1.98. The first-order valence-corrected chi connectivity index (χ1v) is 8.11. The molecule has 0 aromatic heterocycles. The number of unbranched alkanes of at least 4 members (excludes halogenated alkanes) is 1. The Morgan fingerprint density at radius 1 is 1.09 bits per heavy atom. The van der Waals surface area contributed by atoms with E-state index in [2.05, 4.69) is 65.4 Å². The lowest BCUT2D eigenvalue weighted by atomic mass is 10.0. The van der Waals surface area contributed by atoms with E-state index in [-0.39, 0.29) is 0 Å². The predicted octanol–water partition coefficient (Wildman–Crippen LogP) is 5.94. The summed E-state index contributed by atoms with van der Waals surface area (Å²) in [6, 6.07) is 14.1. The molecular weight excluding hydrogens is 298 g/mol. The first-order valence-electron chi connectivity index (χ1n) is 7.70. The van der Waals surface area contributed by atoms with Gasteiger partial charge in [-0.15, -0.1) is 0 Å². The van der Waals surface area contributed by atoms with Crippen LogP contribution < -0.4 is 0 Å². The smallest absolute Gasteiger partial charge is 0.0743 e. The molecule has 0 unspecified atom stereocenters. The topological polar surface area (TPSA) is 12.4 Å². The molecule has 0 spiro atoms. The minimum absolute atomic E-state index is 0.811. The van der Waals surface area contributed by atoms with Crippen LogP contribution >= 0.6 is 12.2 Å². The van der Waals surface area contributed by atoms with Crippen molar-refractivity contribution in [1.29, 1.82) is 0 Å². The molecule has 0 atom stereocenters. The Hall–Kier alpha value is -2.46. The van der Waals surface area contributed by atoms with Gasteiger partial charge in [0.1, 0.15) is 0 Å². The Kier molecular flexibility index (Phi) is 6.51. The summed E-state index contributed by atoms with van der Waals surface area (Å²) < 4.78 is 0. The van der Waals surface area contributed by atoms with Crippen molar-refractivity contribution in [2.45, 2.75) is 26.7 Å². The van der Waals surface area contributed by atoms with Crippen molar-refractivity contribution in [3.8, 4) is 11.8 Å². The lowest BCUT2D eigenvalue weighted by molar-refractivity contribution is 0.962. The van der Waals surface area contributed by atoms with Crippen molar-refractivity contribution in [1.82, 2.24) is 0 Å². The maximum absolute atomic E-state index is 4.63. The van der Waals surface area contributed by atoms with Gasteiger partial charge in [-0.25, -0.2) is 0 Å². The van der Waals surface area contributed by atoms with Crippen molar-refractivity contribution in [3.63, 3.8) is 0 Å². The first-order chi connectivity index (χ1) is 11.2. The summed E-state index contributed by atoms with van der Waals surface area (Å²) in [5, 5.41) is 2.39. The van der Waals surface area contributed by atoms with Crippen LogP contribution in [0.1, 0.15) is 42.0 Å². The highest BCUT2D eigenvalue weighted by atomic mass is 32.1. The number of hydrogen-bond acceptors (Lipinski definition) is 2. The van der Waals surface area contributed by atoms with E-state index in [9.17, 15) is 0 Å². The first kappa shape index (κ1) is 16.9. The highest BCUT2D eigenvalue weighted by molar-refractivity contribution is 7.78. The molecule has 2 aromatic rings. The fourth-order valence-electron chi connectivity index (χ4n) is 2.18. The van der Waals surface area contributed by atoms with Crippen LogP contribution in [0.2, 0.25) is 0 Å². The monoisotopic (exact) mass is 317 g/mol. The molecule has 0 saturated heterocycles. The van der Waals surface area contributed by atoms with E-state index in [1.54, 1.807) is 0 Å². The van der Waals surface area contributed by atoms with Crippen LogP contribution in [-0.4, -0.2) is 5.16 Å². The molecule has 23 heavy (non-hydrogen) atoms. The van der Waals surface area contributed by atoms with E-state index < -0.39 is 0 Å². The maximum Gasteiger partial charge on any atom is 0.0743 e. The molecule has 1 nitrogen and oxygen atoms in total. The van der Waals surface area contributed by atoms with E-state index in [4.69, 9.17) is 0 Å². The fourth-order valence-corrected chi connectivity index (χ4v) is 2.28. The number of benzene rings is 2. The molecule has 0 aliphatic carbocycles. The third-order valence-electron chi connectivity index (χ3n) is 3.43. The lowest BCUT2D eigenvalue weighted by Crippen LogP contribution is -1.84. The van der Waals surface area contributed by atoms with Gasteiger partial charge in [-0.05, 0) is 61.0 Å². The molecule has 0 aliphatic rings. The van der Waals surface area contributed by atoms with Crippen molar-refractivity contribution in [2.24, 2.45) is 4.99 Å². The van der Waals surface area contributed by atoms with Crippen molar-refractivity contribution in [2.75, 3.05) is 0 Å². The number of isothiocyanates is 1. The van der Waals surface area contributed by atoms with E-state index >= 15 is 0 Å². The summed E-state index contributed by atoms with van der Waals surface area (Å²) in [6.07, 6.45) is 6.59. The average Bonchev–Trinajstić information content (AvgIpc) is 2.56. The van der Waals surface area contributed by atoms with Gasteiger partial charge >= 0.3 is 0 Å². The maximum atomic E-state index is 4.63. The molecule has 0 saturated carbocycles. The van der Waals surface area contributed by atoms with Crippen LogP contribution in [0.15, 0.2) is 53.5 Å². The molecule has 114 valence electrons. The number of nitrogens with zero attached hydrogens (tertiary/aromatic N) is 1. The summed E-state index contributed by atoms with van der Waals surface area (Å²) in [4.78, 5) is 3.99. The molecular formula is C21H19NS. The van der Waals surface area contributed by atoms with Crippen LogP contribution in [-0.2, 0) is 0 Å². The Morgan fingerprint density at radius 2 is 1.87 bits per heavy atom. The summed E-state index contributed by atoms with van der Waals surface area (Å²) in [5.74, 6) is 6.54. The molecule has 2 rings (SSSR count). The second kappa shape index (κ2) is 8.86. The molecule has 0 heterocycles. The van der Waals surface area contributed by atoms with Crippen molar-refractivity contribution < 1.29 is 0 Å². The van der Waals surface area contributed by atoms with Crippen LogP contribution in [0.3, 0.4) is 0 Å². The lowest BCUT2D eigenvalue weighted by Gasteiger charge is -2.00. The number of aliphatic imine (C=N–C) groups is 1. The normalized spacial score (nSPS) is 10.0. The zero-order valence-corrected chi connectivity index (χ0v) is 14.3. The fraction of sp³-hybridized carbons (Fsp3) is 0.190. The summed E-state index contributed by atoms with van der Waals surface area (Å²) in [6.45, 7) is 4.20. The van der Waals surface area contributed by atoms with Crippen LogP contribution in [0.25, 0.3) is 6.08 Å². The minimum Gasteiger partial charge on any atom is -0.195 e. The highest BCUT2D eigenvalue weighted by Crippen LogP contribution is 2.17. The number of allylic oxidation sites excluding steroid dienone is 1. The average molecular weight is 317 g/mol. The molecule has 0 fully saturated rings. The SMILES string of the molecule is CCCC=Cc1ccccc1C#Cc1ccc(N=C=S)cc1C. The van der Waals surface area contributed by atoms with Crippen LogP contribution in [0.5, 0.6) is 0 Å². The van der Waals surface area contributed by atoms with E-state index in [0.717, 1.165) is 40.8 Å². The van der Waals surface area contributed by atoms with E-state index in [0.29, 0.717) is 0 Å². The number of rotatable bonds is 4. The molecule has 0 N–H and O–H groups in total. The number of thiocarbonyl (C=S) groups is 1. The van der Waals surface area contributed by atoms with E-state index in [1.165, 1.54) is 0 Å². The Balaban J connectivity index is 2.30. The Labute approximate surface area is 143 Å². The van der Waals surface area contributed by atoms with Gasteiger partial charge in [0.25, 0.3) is 0 Å². The summed E-state index contributed by atoms with van der Waals surface area (Å²) in [7, 11) is 0. The second-order valence-corrected chi connectivity index (χ2v) is 5.41. The standard InChI is InChI=1S/C21H19NS/c1-3-4-5-8-19-9-6-7-10-20(19)12-11-18-13-14-21(22-16-23)15-17(18)2/h5-10,13-15H,3-4H2,1-2H3. The number of hydrogen-bond donors (Lipinski definition) is 0. The largest absolute Gasteiger partial charge is 0.195 e. The second-order valence-electron chi connectivity index (χ2n) is 5.23. The molecule has 2 heteroatoms. The van der Waals surface area contributed by atoms with Gasteiger partial charge in [0.05, 0.1) is 10.8 Å². The zero-order chi connectivity index (χ0) is 16.5. The Morgan fingerprint density at radius 3 is 2.61 bits per heavy atom. The predicted molar refractivity (Wildman–Crippen MR) is 102 cm³/mol. The molecule has 2 aromatic carbocycles. The zero-order valence-electron chi connectivity index (χ0n) is 13.5. The van der Waals surface area contributed by atoms with Gasteiger partial charge in [0.15, 0.2) is 0 Å². The van der Waals surface area contributed by atoms with Gasteiger partial charge < -0.3 is 0 Å². The van der Waals surface area contributed by atoms with Gasteiger partial charge in [0.2, 0.25) is 0 Å². The van der Waals surface area contributed by atoms with Gasteiger partial charge in [0, 0.05) is 11.1 Å². The third kappa shape index (κ3) is 5.04. The van der Waals surface area contributed by atoms with Crippen molar-refractivity contribution in [3.05, 3.63) is 70.8 Å². The molecule has 0 bridgehead atoms. The van der Waals surface area contributed by atoms with E-state index in [1.807, 2.05) is 37.3 Å².